The first-order chi connectivity index (χ1) is 10.8. The predicted molar refractivity (Wildman–Crippen MR) is 91.1 cm³/mol. The zero-order valence-electron chi connectivity index (χ0n) is 14.5. The van der Waals surface area contributed by atoms with Gasteiger partial charge in [0, 0.05) is 11.8 Å². The highest BCUT2D eigenvalue weighted by atomic mass is 16.1. The van der Waals surface area contributed by atoms with Gasteiger partial charge < -0.3 is 4.90 Å². The summed E-state index contributed by atoms with van der Waals surface area (Å²) >= 11 is 0. The van der Waals surface area contributed by atoms with Crippen LogP contribution in [0.5, 0.6) is 0 Å². The third-order valence-electron chi connectivity index (χ3n) is 6.60. The summed E-state index contributed by atoms with van der Waals surface area (Å²) in [5, 5.41) is 0. The van der Waals surface area contributed by atoms with Crippen LogP contribution in [0.1, 0.15) is 83.5 Å². The second-order valence-electron chi connectivity index (χ2n) is 8.43. The van der Waals surface area contributed by atoms with Crippen molar-refractivity contribution in [1.29, 1.82) is 0 Å². The van der Waals surface area contributed by atoms with Crippen LogP contribution in [0.15, 0.2) is 0 Å². The highest BCUT2D eigenvalue weighted by Gasteiger charge is 2.30. The van der Waals surface area contributed by atoms with Crippen molar-refractivity contribution in [2.24, 2.45) is 17.8 Å². The summed E-state index contributed by atoms with van der Waals surface area (Å²) in [7, 11) is 0. The second-order valence-corrected chi connectivity index (χ2v) is 8.43. The maximum Gasteiger partial charge on any atom is 0.189 e. The van der Waals surface area contributed by atoms with E-state index in [2.05, 4.69) is 0 Å². The van der Waals surface area contributed by atoms with Gasteiger partial charge in [0.15, 0.2) is 5.78 Å². The van der Waals surface area contributed by atoms with Crippen molar-refractivity contribution in [3.63, 3.8) is 0 Å². The Labute approximate surface area is 137 Å². The number of carbonyl (C=O) groups is 1. The summed E-state index contributed by atoms with van der Waals surface area (Å²) in [5.74, 6) is 2.92. The van der Waals surface area contributed by atoms with E-state index in [0.29, 0.717) is 11.7 Å². The Balaban J connectivity index is 1.42. The molecule has 0 spiro atoms. The second kappa shape index (κ2) is 8.47. The van der Waals surface area contributed by atoms with E-state index in [1.807, 2.05) is 0 Å². The van der Waals surface area contributed by atoms with Gasteiger partial charge in [-0.2, -0.15) is 0 Å². The molecule has 2 aliphatic carbocycles. The van der Waals surface area contributed by atoms with Gasteiger partial charge in [-0.15, -0.1) is 0 Å². The molecule has 2 unspecified atom stereocenters. The number of likely N-dealkylation sites (tertiary alicyclic amines) is 1. The van der Waals surface area contributed by atoms with Crippen LogP contribution in [-0.4, -0.2) is 25.4 Å². The summed E-state index contributed by atoms with van der Waals surface area (Å²) in [5.41, 5.74) is 0. The minimum absolute atomic E-state index is 0.417. The number of Topliss-reactive ketones (excluding diaryl/α,β-unsaturated/α-hetero) is 1. The van der Waals surface area contributed by atoms with Crippen molar-refractivity contribution in [3.05, 3.63) is 0 Å². The highest BCUT2D eigenvalue weighted by molar-refractivity contribution is 5.81. The Hall–Kier alpha value is -0.370. The maximum absolute atomic E-state index is 12.5. The molecule has 2 saturated carbocycles. The van der Waals surface area contributed by atoms with Crippen LogP contribution < -0.4 is 4.90 Å². The fourth-order valence-electron chi connectivity index (χ4n) is 5.32. The van der Waals surface area contributed by atoms with Crippen molar-refractivity contribution in [1.82, 2.24) is 0 Å². The highest BCUT2D eigenvalue weighted by Crippen LogP contribution is 2.30. The summed E-state index contributed by atoms with van der Waals surface area (Å²) < 4.78 is 0. The molecular formula is C20H36NO+. The first kappa shape index (κ1) is 16.5. The molecule has 2 heteroatoms. The van der Waals surface area contributed by atoms with Crippen LogP contribution >= 0.6 is 0 Å². The van der Waals surface area contributed by atoms with Crippen molar-refractivity contribution in [2.75, 3.05) is 19.6 Å². The van der Waals surface area contributed by atoms with E-state index in [1.165, 1.54) is 96.6 Å². The van der Waals surface area contributed by atoms with Gasteiger partial charge in [-0.1, -0.05) is 51.4 Å². The fourth-order valence-corrected chi connectivity index (χ4v) is 5.32. The largest absolute Gasteiger partial charge is 0.329 e. The first-order valence-electron chi connectivity index (χ1n) is 10.2. The van der Waals surface area contributed by atoms with Gasteiger partial charge in [0.2, 0.25) is 0 Å². The smallest absolute Gasteiger partial charge is 0.189 e. The zero-order chi connectivity index (χ0) is 15.2. The third-order valence-corrected chi connectivity index (χ3v) is 6.60. The minimum Gasteiger partial charge on any atom is -0.329 e. The number of carbonyl (C=O) groups excluding carboxylic acids is 1. The molecule has 3 fully saturated rings. The van der Waals surface area contributed by atoms with Crippen LogP contribution in [0.4, 0.5) is 0 Å². The van der Waals surface area contributed by atoms with Gasteiger partial charge >= 0.3 is 0 Å². The number of hydrogen-bond donors (Lipinski definition) is 1. The molecule has 22 heavy (non-hydrogen) atoms. The number of rotatable bonds is 5. The Morgan fingerprint density at radius 2 is 1.41 bits per heavy atom. The molecular weight excluding hydrogens is 270 g/mol. The molecule has 126 valence electrons. The third kappa shape index (κ3) is 4.81. The maximum atomic E-state index is 12.5. The summed E-state index contributed by atoms with van der Waals surface area (Å²) in [6.45, 7) is 3.38. The number of hydrogen-bond acceptors (Lipinski definition) is 1. The van der Waals surface area contributed by atoms with Gasteiger partial charge in [-0.3, -0.25) is 4.79 Å². The van der Waals surface area contributed by atoms with E-state index in [1.54, 1.807) is 4.90 Å². The molecule has 2 nitrogen and oxygen atoms in total. The van der Waals surface area contributed by atoms with E-state index in [0.717, 1.165) is 18.4 Å². The molecule has 1 heterocycles. The lowest BCUT2D eigenvalue weighted by molar-refractivity contribution is -0.901. The summed E-state index contributed by atoms with van der Waals surface area (Å²) in [6.07, 6.45) is 17.9. The zero-order valence-corrected chi connectivity index (χ0v) is 14.5. The minimum atomic E-state index is 0.417. The molecule has 0 aromatic heterocycles. The average molecular weight is 307 g/mol. The van der Waals surface area contributed by atoms with Gasteiger partial charge in [-0.05, 0) is 38.0 Å². The first-order valence-corrected chi connectivity index (χ1v) is 10.2. The van der Waals surface area contributed by atoms with Crippen LogP contribution in [0, 0.1) is 17.8 Å². The molecule has 1 N–H and O–H groups in total. The molecule has 2 atom stereocenters. The lowest BCUT2D eigenvalue weighted by Crippen LogP contribution is -3.14. The van der Waals surface area contributed by atoms with Crippen LogP contribution in [0.2, 0.25) is 0 Å². The SMILES string of the molecule is O=C(C[NH+]1CCCC(CC2CCCCC2)C1)C1CCCCC1. The molecule has 1 saturated heterocycles. The molecule has 3 aliphatic rings. The molecule has 3 rings (SSSR count). The lowest BCUT2D eigenvalue weighted by atomic mass is 9.80. The Bertz CT molecular complexity index is 342. The fraction of sp³-hybridized carbons (Fsp3) is 0.950. The van der Waals surface area contributed by atoms with Gasteiger partial charge in [0.1, 0.15) is 6.54 Å². The molecule has 0 aromatic rings. The van der Waals surface area contributed by atoms with E-state index in [9.17, 15) is 4.79 Å². The van der Waals surface area contributed by atoms with Gasteiger partial charge in [-0.25, -0.2) is 0 Å². The van der Waals surface area contributed by atoms with Gasteiger partial charge in [0.05, 0.1) is 13.1 Å². The molecule has 0 amide bonds. The average Bonchev–Trinajstić information content (AvgIpc) is 2.57. The van der Waals surface area contributed by atoms with Crippen LogP contribution in [0.25, 0.3) is 0 Å². The lowest BCUT2D eigenvalue weighted by Gasteiger charge is -2.33. The molecule has 1 aliphatic heterocycles. The Morgan fingerprint density at radius 3 is 2.14 bits per heavy atom. The van der Waals surface area contributed by atoms with E-state index < -0.39 is 0 Å². The van der Waals surface area contributed by atoms with Crippen LogP contribution in [-0.2, 0) is 4.79 Å². The van der Waals surface area contributed by atoms with E-state index in [-0.39, 0.29) is 0 Å². The monoisotopic (exact) mass is 306 g/mol. The van der Waals surface area contributed by atoms with Crippen molar-refractivity contribution in [2.45, 2.75) is 83.5 Å². The number of quaternary nitrogens is 1. The quantitative estimate of drug-likeness (QED) is 0.826. The van der Waals surface area contributed by atoms with E-state index >= 15 is 0 Å². The standard InChI is InChI=1S/C20H35NO/c22-20(19-11-5-2-6-12-19)16-21-13-7-10-18(15-21)14-17-8-3-1-4-9-17/h17-19H,1-16H2/p+1. The Kier molecular flexibility index (Phi) is 6.35. The van der Waals surface area contributed by atoms with Crippen molar-refractivity contribution in [3.8, 4) is 0 Å². The van der Waals surface area contributed by atoms with Gasteiger partial charge in [0.25, 0.3) is 0 Å². The van der Waals surface area contributed by atoms with Crippen LogP contribution in [0.3, 0.4) is 0 Å². The molecule has 0 aromatic carbocycles. The molecule has 0 radical (unpaired) electrons. The number of piperidine rings is 1. The normalized spacial score (nSPS) is 32.0. The molecule has 0 bridgehead atoms. The number of ketones is 1. The van der Waals surface area contributed by atoms with Crippen molar-refractivity contribution >= 4 is 5.78 Å². The topological polar surface area (TPSA) is 21.5 Å². The van der Waals surface area contributed by atoms with Crippen molar-refractivity contribution < 1.29 is 9.69 Å². The summed E-state index contributed by atoms with van der Waals surface area (Å²) in [4.78, 5) is 14.2. The number of nitrogens with one attached hydrogen (secondary N) is 1. The Morgan fingerprint density at radius 1 is 0.773 bits per heavy atom. The van der Waals surface area contributed by atoms with E-state index in [4.69, 9.17) is 0 Å². The summed E-state index contributed by atoms with van der Waals surface area (Å²) in [6, 6.07) is 0. The predicted octanol–water partition coefficient (Wildman–Crippen LogP) is 3.40.